The summed E-state index contributed by atoms with van der Waals surface area (Å²) in [6.07, 6.45) is 0.282. The standard InChI is InChI=1S/C24H26BrN3O5S/c1-32-16-4-6-18-19-7-5-17(13-22(19)27-21(18)12-16)33-10-9-26-14-24(29)15-3-8-20(25)23(11-15)28-34(2,30)31/h3-8,11-13,24,26-29H,9-10,14H2,1-2H3/t24-/m0/s1. The third-order valence-electron chi connectivity index (χ3n) is 5.33. The van der Waals surface area contributed by atoms with Crippen LogP contribution in [0.1, 0.15) is 11.7 Å². The van der Waals surface area contributed by atoms with Crippen molar-refractivity contribution in [2.45, 2.75) is 6.10 Å². The third kappa shape index (κ3) is 5.82. The molecule has 10 heteroatoms. The number of benzene rings is 3. The van der Waals surface area contributed by atoms with Crippen LogP contribution in [0.5, 0.6) is 11.5 Å². The van der Waals surface area contributed by atoms with Gasteiger partial charge in [0, 0.05) is 40.5 Å². The molecule has 0 aliphatic heterocycles. The molecule has 0 bridgehead atoms. The van der Waals surface area contributed by atoms with Crippen LogP contribution in [0.25, 0.3) is 21.8 Å². The molecule has 4 aromatic rings. The molecule has 8 nitrogen and oxygen atoms in total. The van der Waals surface area contributed by atoms with Crippen molar-refractivity contribution in [3.05, 3.63) is 64.6 Å². The average molecular weight is 548 g/mol. The first kappa shape index (κ1) is 24.3. The van der Waals surface area contributed by atoms with Crippen LogP contribution in [0.2, 0.25) is 0 Å². The number of fused-ring (bicyclic) bond motifs is 3. The molecule has 0 fully saturated rings. The summed E-state index contributed by atoms with van der Waals surface area (Å²) in [5.41, 5.74) is 2.97. The van der Waals surface area contributed by atoms with Crippen molar-refractivity contribution in [1.82, 2.24) is 10.3 Å². The van der Waals surface area contributed by atoms with Crippen LogP contribution < -0.4 is 19.5 Å². The van der Waals surface area contributed by atoms with Gasteiger partial charge in [-0.3, -0.25) is 4.72 Å². The van der Waals surface area contributed by atoms with E-state index in [1.807, 2.05) is 36.4 Å². The number of sulfonamides is 1. The predicted octanol–water partition coefficient (Wildman–Crippen LogP) is 4.17. The fourth-order valence-corrected chi connectivity index (χ4v) is 4.76. The lowest BCUT2D eigenvalue weighted by atomic mass is 10.1. The van der Waals surface area contributed by atoms with E-state index in [4.69, 9.17) is 9.47 Å². The summed E-state index contributed by atoms with van der Waals surface area (Å²) in [4.78, 5) is 3.40. The Bertz CT molecular complexity index is 1420. The van der Waals surface area contributed by atoms with E-state index in [-0.39, 0.29) is 0 Å². The summed E-state index contributed by atoms with van der Waals surface area (Å²) in [7, 11) is -1.77. The number of methoxy groups -OCH3 is 1. The molecule has 1 aromatic heterocycles. The van der Waals surface area contributed by atoms with Crippen molar-refractivity contribution in [1.29, 1.82) is 0 Å². The maximum Gasteiger partial charge on any atom is 0.229 e. The van der Waals surface area contributed by atoms with Gasteiger partial charge in [-0.05, 0) is 57.9 Å². The number of aliphatic hydroxyl groups is 1. The molecule has 0 aliphatic rings. The molecular formula is C24H26BrN3O5S. The number of ether oxygens (including phenoxy) is 2. The van der Waals surface area contributed by atoms with Crippen molar-refractivity contribution in [3.63, 3.8) is 0 Å². The maximum atomic E-state index is 11.5. The molecule has 1 atom stereocenters. The number of aromatic nitrogens is 1. The van der Waals surface area contributed by atoms with Gasteiger partial charge in [0.25, 0.3) is 0 Å². The van der Waals surface area contributed by atoms with Gasteiger partial charge in [-0.25, -0.2) is 8.42 Å². The molecule has 0 unspecified atom stereocenters. The highest BCUT2D eigenvalue weighted by Crippen LogP contribution is 2.30. The summed E-state index contributed by atoms with van der Waals surface area (Å²) in [6.45, 7) is 1.25. The zero-order valence-electron chi connectivity index (χ0n) is 18.8. The smallest absolute Gasteiger partial charge is 0.229 e. The molecule has 180 valence electrons. The van der Waals surface area contributed by atoms with Gasteiger partial charge in [-0.1, -0.05) is 6.07 Å². The van der Waals surface area contributed by atoms with Crippen LogP contribution in [0, 0.1) is 0 Å². The van der Waals surface area contributed by atoms with Crippen molar-refractivity contribution in [3.8, 4) is 11.5 Å². The van der Waals surface area contributed by atoms with Crippen LogP contribution in [0.15, 0.2) is 59.1 Å². The van der Waals surface area contributed by atoms with Crippen LogP contribution in [0.3, 0.4) is 0 Å². The second-order valence-corrected chi connectivity index (χ2v) is 10.5. The Balaban J connectivity index is 1.30. The summed E-state index contributed by atoms with van der Waals surface area (Å²) < 4.78 is 37.2. The van der Waals surface area contributed by atoms with Gasteiger partial charge in [0.15, 0.2) is 0 Å². The zero-order chi connectivity index (χ0) is 24.3. The molecule has 0 saturated heterocycles. The Morgan fingerprint density at radius 1 is 1.03 bits per heavy atom. The first-order valence-corrected chi connectivity index (χ1v) is 13.3. The summed E-state index contributed by atoms with van der Waals surface area (Å²) >= 11 is 3.31. The van der Waals surface area contributed by atoms with Gasteiger partial charge in [0.2, 0.25) is 10.0 Å². The second-order valence-electron chi connectivity index (χ2n) is 7.93. The fourth-order valence-electron chi connectivity index (χ4n) is 3.71. The lowest BCUT2D eigenvalue weighted by molar-refractivity contribution is 0.172. The van der Waals surface area contributed by atoms with Crippen LogP contribution >= 0.6 is 15.9 Å². The molecule has 0 saturated carbocycles. The lowest BCUT2D eigenvalue weighted by Crippen LogP contribution is -2.26. The quantitative estimate of drug-likeness (QED) is 0.222. The van der Waals surface area contributed by atoms with Gasteiger partial charge in [-0.15, -0.1) is 0 Å². The molecule has 0 radical (unpaired) electrons. The van der Waals surface area contributed by atoms with E-state index in [1.54, 1.807) is 25.3 Å². The molecule has 4 rings (SSSR count). The Hall–Kier alpha value is -2.79. The van der Waals surface area contributed by atoms with Crippen molar-refractivity contribution in [2.75, 3.05) is 37.8 Å². The molecule has 0 spiro atoms. The van der Waals surface area contributed by atoms with Gasteiger partial charge in [0.1, 0.15) is 18.1 Å². The van der Waals surface area contributed by atoms with Crippen molar-refractivity contribution in [2.24, 2.45) is 0 Å². The molecular weight excluding hydrogens is 522 g/mol. The minimum Gasteiger partial charge on any atom is -0.497 e. The number of hydrogen-bond donors (Lipinski definition) is 4. The molecule has 1 heterocycles. The topological polar surface area (TPSA) is 113 Å². The summed E-state index contributed by atoms with van der Waals surface area (Å²) in [5.74, 6) is 1.55. The Kier molecular flexibility index (Phi) is 7.32. The number of aliphatic hydroxyl groups excluding tert-OH is 1. The number of rotatable bonds is 10. The van der Waals surface area contributed by atoms with Crippen molar-refractivity contribution >= 4 is 53.4 Å². The molecule has 34 heavy (non-hydrogen) atoms. The zero-order valence-corrected chi connectivity index (χ0v) is 21.2. The number of H-pyrrole nitrogens is 1. The lowest BCUT2D eigenvalue weighted by Gasteiger charge is -2.15. The highest BCUT2D eigenvalue weighted by molar-refractivity contribution is 9.10. The average Bonchev–Trinajstić information content (AvgIpc) is 3.16. The minimum absolute atomic E-state index is 0.298. The van der Waals surface area contributed by atoms with Crippen LogP contribution in [-0.2, 0) is 10.0 Å². The number of halogens is 1. The van der Waals surface area contributed by atoms with E-state index in [1.165, 1.54) is 0 Å². The number of hydrogen-bond acceptors (Lipinski definition) is 6. The van der Waals surface area contributed by atoms with E-state index in [2.05, 4.69) is 31.0 Å². The van der Waals surface area contributed by atoms with Crippen LogP contribution in [-0.4, -0.2) is 51.6 Å². The summed E-state index contributed by atoms with van der Waals surface area (Å²) in [6, 6.07) is 16.9. The number of aromatic amines is 1. The van der Waals surface area contributed by atoms with E-state index in [0.717, 1.165) is 39.6 Å². The monoisotopic (exact) mass is 547 g/mol. The van der Waals surface area contributed by atoms with E-state index in [0.29, 0.717) is 35.4 Å². The normalized spacial score (nSPS) is 12.7. The Labute approximate surface area is 206 Å². The SMILES string of the molecule is COc1ccc2c(c1)[nH]c1cc(OCCNC[C@H](O)c3ccc(Br)c(NS(C)(=O)=O)c3)ccc12. The highest BCUT2D eigenvalue weighted by Gasteiger charge is 2.12. The minimum atomic E-state index is -3.42. The van der Waals surface area contributed by atoms with Gasteiger partial charge >= 0.3 is 0 Å². The molecule has 3 aromatic carbocycles. The Morgan fingerprint density at radius 2 is 1.71 bits per heavy atom. The Morgan fingerprint density at radius 3 is 2.38 bits per heavy atom. The summed E-state index contributed by atoms with van der Waals surface area (Å²) in [5, 5.41) is 15.9. The van der Waals surface area contributed by atoms with E-state index < -0.39 is 16.1 Å². The van der Waals surface area contributed by atoms with Crippen LogP contribution in [0.4, 0.5) is 5.69 Å². The highest BCUT2D eigenvalue weighted by atomic mass is 79.9. The van der Waals surface area contributed by atoms with Crippen molar-refractivity contribution < 1.29 is 23.0 Å². The van der Waals surface area contributed by atoms with E-state index in [9.17, 15) is 13.5 Å². The molecule has 0 aliphatic carbocycles. The first-order chi connectivity index (χ1) is 16.2. The first-order valence-electron chi connectivity index (χ1n) is 10.6. The predicted molar refractivity (Wildman–Crippen MR) is 138 cm³/mol. The second kappa shape index (κ2) is 10.2. The maximum absolute atomic E-state index is 11.5. The third-order valence-corrected chi connectivity index (χ3v) is 6.62. The number of anilines is 1. The fraction of sp³-hybridized carbons (Fsp3) is 0.250. The largest absolute Gasteiger partial charge is 0.497 e. The van der Waals surface area contributed by atoms with Gasteiger partial charge in [-0.2, -0.15) is 0 Å². The molecule has 4 N–H and O–H groups in total. The number of nitrogens with one attached hydrogen (secondary N) is 3. The van der Waals surface area contributed by atoms with E-state index >= 15 is 0 Å². The van der Waals surface area contributed by atoms with Gasteiger partial charge in [0.05, 0.1) is 36.2 Å². The molecule has 0 amide bonds. The van der Waals surface area contributed by atoms with Gasteiger partial charge < -0.3 is 24.9 Å².